The lowest BCUT2D eigenvalue weighted by molar-refractivity contribution is 0.340. The highest BCUT2D eigenvalue weighted by Crippen LogP contribution is 2.11. The first-order valence-corrected chi connectivity index (χ1v) is 6.95. The standard InChI is InChI=1S/C17H20FNO.ClH/c1-2-20-17-9-5-15(6-10-17)13-19-12-11-14-3-7-16(18)8-4-14;/h3-10,19H,2,11-13H2,1H3;1H. The molecule has 0 aliphatic heterocycles. The van der Waals surface area contributed by atoms with Gasteiger partial charge >= 0.3 is 0 Å². The summed E-state index contributed by atoms with van der Waals surface area (Å²) in [6, 6.07) is 14.8. The van der Waals surface area contributed by atoms with Crippen LogP contribution >= 0.6 is 12.4 Å². The molecule has 0 aliphatic carbocycles. The quantitative estimate of drug-likeness (QED) is 0.781. The number of rotatable bonds is 7. The van der Waals surface area contributed by atoms with Crippen LogP contribution in [0, 0.1) is 5.82 Å². The predicted molar refractivity (Wildman–Crippen MR) is 86.7 cm³/mol. The fraction of sp³-hybridized carbons (Fsp3) is 0.294. The fourth-order valence-electron chi connectivity index (χ4n) is 1.99. The van der Waals surface area contributed by atoms with Gasteiger partial charge in [-0.1, -0.05) is 24.3 Å². The first kappa shape index (κ1) is 17.5. The van der Waals surface area contributed by atoms with Gasteiger partial charge in [-0.05, 0) is 55.3 Å². The van der Waals surface area contributed by atoms with Crippen LogP contribution in [0.15, 0.2) is 48.5 Å². The van der Waals surface area contributed by atoms with Crippen LogP contribution in [0.5, 0.6) is 5.75 Å². The summed E-state index contributed by atoms with van der Waals surface area (Å²) >= 11 is 0. The highest BCUT2D eigenvalue weighted by atomic mass is 35.5. The first-order chi connectivity index (χ1) is 9.78. The van der Waals surface area contributed by atoms with Gasteiger partial charge in [0.2, 0.25) is 0 Å². The summed E-state index contributed by atoms with van der Waals surface area (Å²) in [6.07, 6.45) is 0.900. The second kappa shape index (κ2) is 9.37. The van der Waals surface area contributed by atoms with Crippen molar-refractivity contribution in [1.29, 1.82) is 0 Å². The van der Waals surface area contributed by atoms with Crippen LogP contribution in [-0.2, 0) is 13.0 Å². The van der Waals surface area contributed by atoms with E-state index in [2.05, 4.69) is 17.4 Å². The van der Waals surface area contributed by atoms with Crippen LogP contribution in [0.4, 0.5) is 4.39 Å². The number of nitrogens with one attached hydrogen (secondary N) is 1. The Morgan fingerprint density at radius 2 is 1.57 bits per heavy atom. The second-order valence-electron chi connectivity index (χ2n) is 4.63. The van der Waals surface area contributed by atoms with Crippen LogP contribution in [0.25, 0.3) is 0 Å². The lowest BCUT2D eigenvalue weighted by Gasteiger charge is -2.07. The predicted octanol–water partition coefficient (Wildman–Crippen LogP) is 3.98. The summed E-state index contributed by atoms with van der Waals surface area (Å²) in [6.45, 7) is 4.37. The number of hydrogen-bond donors (Lipinski definition) is 1. The Hall–Kier alpha value is -1.58. The summed E-state index contributed by atoms with van der Waals surface area (Å²) in [5.41, 5.74) is 2.37. The molecule has 0 radical (unpaired) electrons. The Morgan fingerprint density at radius 3 is 2.19 bits per heavy atom. The van der Waals surface area contributed by atoms with E-state index in [0.29, 0.717) is 6.61 Å². The fourth-order valence-corrected chi connectivity index (χ4v) is 1.99. The van der Waals surface area contributed by atoms with Gasteiger partial charge in [-0.3, -0.25) is 0 Å². The van der Waals surface area contributed by atoms with E-state index in [1.165, 1.54) is 17.7 Å². The monoisotopic (exact) mass is 309 g/mol. The van der Waals surface area contributed by atoms with Gasteiger partial charge in [0.05, 0.1) is 6.61 Å². The molecule has 4 heteroatoms. The Morgan fingerprint density at radius 1 is 0.952 bits per heavy atom. The van der Waals surface area contributed by atoms with Gasteiger partial charge in [0, 0.05) is 6.54 Å². The normalized spacial score (nSPS) is 10.0. The molecular formula is C17H21ClFNO. The zero-order chi connectivity index (χ0) is 14.2. The Kier molecular flexibility index (Phi) is 7.80. The molecule has 1 N–H and O–H groups in total. The van der Waals surface area contributed by atoms with Gasteiger partial charge < -0.3 is 10.1 Å². The SMILES string of the molecule is CCOc1ccc(CNCCc2ccc(F)cc2)cc1.Cl. The Labute approximate surface area is 131 Å². The molecule has 2 nitrogen and oxygen atoms in total. The smallest absolute Gasteiger partial charge is 0.123 e. The molecule has 0 saturated carbocycles. The average molecular weight is 310 g/mol. The summed E-state index contributed by atoms with van der Waals surface area (Å²) in [5, 5.41) is 3.38. The molecule has 2 rings (SSSR count). The van der Waals surface area contributed by atoms with Crippen molar-refractivity contribution in [2.24, 2.45) is 0 Å². The highest BCUT2D eigenvalue weighted by Gasteiger charge is 1.96. The molecular weight excluding hydrogens is 289 g/mol. The van der Waals surface area contributed by atoms with Crippen LogP contribution in [0.1, 0.15) is 18.1 Å². The Bertz CT molecular complexity index is 513. The van der Waals surface area contributed by atoms with Gasteiger partial charge in [-0.15, -0.1) is 12.4 Å². The maximum atomic E-state index is 12.8. The summed E-state index contributed by atoms with van der Waals surface area (Å²) in [7, 11) is 0. The zero-order valence-electron chi connectivity index (χ0n) is 12.1. The molecule has 0 spiro atoms. The minimum absolute atomic E-state index is 0. The molecule has 0 amide bonds. The number of halogens is 2. The summed E-state index contributed by atoms with van der Waals surface area (Å²) < 4.78 is 18.2. The maximum absolute atomic E-state index is 12.8. The molecule has 0 aliphatic rings. The van der Waals surface area contributed by atoms with E-state index < -0.39 is 0 Å². The molecule has 114 valence electrons. The molecule has 0 aromatic heterocycles. The van der Waals surface area contributed by atoms with E-state index in [1.54, 1.807) is 0 Å². The number of hydrogen-bond acceptors (Lipinski definition) is 2. The summed E-state index contributed by atoms with van der Waals surface area (Å²) in [5.74, 6) is 0.721. The van der Waals surface area contributed by atoms with E-state index in [-0.39, 0.29) is 18.2 Å². The minimum atomic E-state index is -0.184. The van der Waals surface area contributed by atoms with Crippen LogP contribution in [0.3, 0.4) is 0 Å². The third-order valence-corrected chi connectivity index (χ3v) is 3.07. The van der Waals surface area contributed by atoms with E-state index in [4.69, 9.17) is 4.74 Å². The van der Waals surface area contributed by atoms with Crippen molar-refractivity contribution in [3.63, 3.8) is 0 Å². The lowest BCUT2D eigenvalue weighted by Crippen LogP contribution is -2.16. The molecule has 21 heavy (non-hydrogen) atoms. The number of ether oxygens (including phenoxy) is 1. The van der Waals surface area contributed by atoms with Crippen LogP contribution in [0.2, 0.25) is 0 Å². The van der Waals surface area contributed by atoms with Crippen molar-refractivity contribution >= 4 is 12.4 Å². The largest absolute Gasteiger partial charge is 0.494 e. The zero-order valence-corrected chi connectivity index (χ0v) is 13.0. The molecule has 0 unspecified atom stereocenters. The Balaban J connectivity index is 0.00000220. The van der Waals surface area contributed by atoms with Crippen molar-refractivity contribution in [1.82, 2.24) is 5.32 Å². The second-order valence-corrected chi connectivity index (χ2v) is 4.63. The third-order valence-electron chi connectivity index (χ3n) is 3.07. The van der Waals surface area contributed by atoms with Crippen LogP contribution in [-0.4, -0.2) is 13.2 Å². The van der Waals surface area contributed by atoms with Gasteiger partial charge in [-0.2, -0.15) is 0 Å². The highest BCUT2D eigenvalue weighted by molar-refractivity contribution is 5.85. The first-order valence-electron chi connectivity index (χ1n) is 6.95. The maximum Gasteiger partial charge on any atom is 0.123 e. The van der Waals surface area contributed by atoms with Crippen molar-refractivity contribution in [2.75, 3.05) is 13.2 Å². The van der Waals surface area contributed by atoms with Gasteiger partial charge in [0.1, 0.15) is 11.6 Å². The van der Waals surface area contributed by atoms with Crippen molar-refractivity contribution < 1.29 is 9.13 Å². The lowest BCUT2D eigenvalue weighted by atomic mass is 10.1. The van der Waals surface area contributed by atoms with E-state index in [9.17, 15) is 4.39 Å². The van der Waals surface area contributed by atoms with Crippen LogP contribution < -0.4 is 10.1 Å². The van der Waals surface area contributed by atoms with Gasteiger partial charge in [0.25, 0.3) is 0 Å². The van der Waals surface area contributed by atoms with E-state index >= 15 is 0 Å². The third kappa shape index (κ3) is 6.15. The molecule has 0 saturated heterocycles. The topological polar surface area (TPSA) is 21.3 Å². The minimum Gasteiger partial charge on any atom is -0.494 e. The van der Waals surface area contributed by atoms with Crippen molar-refractivity contribution in [2.45, 2.75) is 19.9 Å². The molecule has 2 aromatic carbocycles. The summed E-state index contributed by atoms with van der Waals surface area (Å²) in [4.78, 5) is 0. The molecule has 0 fully saturated rings. The molecule has 0 heterocycles. The number of benzene rings is 2. The van der Waals surface area contributed by atoms with E-state index in [1.807, 2.05) is 31.2 Å². The molecule has 2 aromatic rings. The average Bonchev–Trinajstić information content (AvgIpc) is 2.47. The molecule has 0 atom stereocenters. The van der Waals surface area contributed by atoms with Gasteiger partial charge in [-0.25, -0.2) is 4.39 Å². The van der Waals surface area contributed by atoms with Gasteiger partial charge in [0.15, 0.2) is 0 Å². The van der Waals surface area contributed by atoms with Crippen molar-refractivity contribution in [3.05, 3.63) is 65.5 Å². The van der Waals surface area contributed by atoms with Crippen molar-refractivity contribution in [3.8, 4) is 5.75 Å². The molecule has 0 bridgehead atoms. The van der Waals surface area contributed by atoms with E-state index in [0.717, 1.165) is 30.8 Å².